The highest BCUT2D eigenvalue weighted by molar-refractivity contribution is 6.30. The quantitative estimate of drug-likeness (QED) is 0.822. The molecule has 0 amide bonds. The van der Waals surface area contributed by atoms with Crippen molar-refractivity contribution >= 4 is 23.1 Å². The summed E-state index contributed by atoms with van der Waals surface area (Å²) in [5.74, 6) is -0.424. The maximum Gasteiger partial charge on any atom is 0.189 e. The maximum absolute atomic E-state index is 12.9. The summed E-state index contributed by atoms with van der Waals surface area (Å²) in [6.45, 7) is 0. The van der Waals surface area contributed by atoms with E-state index in [-0.39, 0.29) is 17.4 Å². The zero-order valence-electron chi connectivity index (χ0n) is 13.0. The third kappa shape index (κ3) is 3.31. The number of rotatable bonds is 4. The molecule has 0 heterocycles. The Kier molecular flexibility index (Phi) is 4.63. The van der Waals surface area contributed by atoms with E-state index in [9.17, 15) is 4.79 Å². The highest BCUT2D eigenvalue weighted by Gasteiger charge is 2.29. The van der Waals surface area contributed by atoms with Gasteiger partial charge in [0.1, 0.15) is 0 Å². The Morgan fingerprint density at radius 3 is 2.38 bits per heavy atom. The molecule has 0 aliphatic heterocycles. The first kappa shape index (κ1) is 16.2. The molecule has 2 aromatic carbocycles. The van der Waals surface area contributed by atoms with Gasteiger partial charge in [0.05, 0.1) is 11.4 Å². The second kappa shape index (κ2) is 6.85. The van der Waals surface area contributed by atoms with E-state index in [2.05, 4.69) is 0 Å². The first-order valence-electron chi connectivity index (χ1n) is 7.66. The molecule has 4 heteroatoms. The molecule has 0 bridgehead atoms. The normalized spacial score (nSPS) is 17.2. The zero-order valence-corrected chi connectivity index (χ0v) is 13.8. The highest BCUT2D eigenvalue weighted by Crippen LogP contribution is 2.27. The molecule has 1 atom stereocenters. The van der Waals surface area contributed by atoms with Crippen LogP contribution in [0.3, 0.4) is 0 Å². The molecular formula is C20H17ClN2O. The van der Waals surface area contributed by atoms with Crippen LogP contribution in [0.2, 0.25) is 5.02 Å². The molecule has 3 rings (SSSR count). The van der Waals surface area contributed by atoms with Crippen LogP contribution in [0.4, 0.5) is 0 Å². The van der Waals surface area contributed by atoms with Crippen LogP contribution in [0.15, 0.2) is 78.0 Å². The lowest BCUT2D eigenvalue weighted by molar-refractivity contribution is 0.102. The second-order valence-corrected chi connectivity index (χ2v) is 6.17. The lowest BCUT2D eigenvalue weighted by atomic mass is 9.80. The van der Waals surface area contributed by atoms with E-state index in [1.807, 2.05) is 42.5 Å². The minimum Gasteiger partial charge on any atom is -0.397 e. The predicted molar refractivity (Wildman–Crippen MR) is 97.5 cm³/mol. The highest BCUT2D eigenvalue weighted by atomic mass is 35.5. The van der Waals surface area contributed by atoms with Gasteiger partial charge in [-0.05, 0) is 30.2 Å². The van der Waals surface area contributed by atoms with Crippen molar-refractivity contribution in [3.05, 3.63) is 94.2 Å². The molecule has 0 aromatic heterocycles. The van der Waals surface area contributed by atoms with Crippen molar-refractivity contribution in [2.24, 2.45) is 11.7 Å². The lowest BCUT2D eigenvalue weighted by Crippen LogP contribution is -2.30. The monoisotopic (exact) mass is 336 g/mol. The first-order chi connectivity index (χ1) is 11.6. The lowest BCUT2D eigenvalue weighted by Gasteiger charge is -2.24. The van der Waals surface area contributed by atoms with Crippen molar-refractivity contribution in [1.82, 2.24) is 0 Å². The molecule has 3 N–H and O–H groups in total. The summed E-state index contributed by atoms with van der Waals surface area (Å²) in [5, 5.41) is 8.98. The third-order valence-electron chi connectivity index (χ3n) is 4.13. The van der Waals surface area contributed by atoms with Crippen molar-refractivity contribution in [3.8, 4) is 0 Å². The predicted octanol–water partition coefficient (Wildman–Crippen LogP) is 4.18. The van der Waals surface area contributed by atoms with Gasteiger partial charge in [-0.15, -0.1) is 0 Å². The van der Waals surface area contributed by atoms with Gasteiger partial charge in [0.25, 0.3) is 0 Å². The van der Waals surface area contributed by atoms with Gasteiger partial charge in [-0.1, -0.05) is 60.1 Å². The molecule has 2 aromatic rings. The smallest absolute Gasteiger partial charge is 0.189 e. The summed E-state index contributed by atoms with van der Waals surface area (Å²) in [7, 11) is 0. The largest absolute Gasteiger partial charge is 0.397 e. The maximum atomic E-state index is 12.9. The van der Waals surface area contributed by atoms with E-state index >= 15 is 0 Å². The van der Waals surface area contributed by atoms with Crippen LogP contribution in [0, 0.1) is 11.3 Å². The first-order valence-corrected chi connectivity index (χ1v) is 8.04. The van der Waals surface area contributed by atoms with Crippen molar-refractivity contribution in [2.75, 3.05) is 0 Å². The molecule has 0 saturated carbocycles. The summed E-state index contributed by atoms with van der Waals surface area (Å²) >= 11 is 5.93. The van der Waals surface area contributed by atoms with E-state index in [4.69, 9.17) is 22.7 Å². The Bertz CT molecular complexity index is 836. The molecule has 0 saturated heterocycles. The number of carbonyl (C=O) groups is 1. The van der Waals surface area contributed by atoms with Gasteiger partial charge >= 0.3 is 0 Å². The molecule has 1 aliphatic carbocycles. The SMILES string of the molecule is N=C1C(N)=CC=C(C(=O)c2ccccc2)C1Cc1ccc(Cl)cc1. The summed E-state index contributed by atoms with van der Waals surface area (Å²) in [5.41, 5.74) is 8.81. The van der Waals surface area contributed by atoms with Gasteiger partial charge in [0, 0.05) is 22.1 Å². The van der Waals surface area contributed by atoms with Crippen LogP contribution in [-0.4, -0.2) is 11.5 Å². The summed E-state index contributed by atoms with van der Waals surface area (Å²) < 4.78 is 0. The summed E-state index contributed by atoms with van der Waals surface area (Å²) in [4.78, 5) is 12.9. The third-order valence-corrected chi connectivity index (χ3v) is 4.38. The summed E-state index contributed by atoms with van der Waals surface area (Å²) in [6.07, 6.45) is 3.91. The van der Waals surface area contributed by atoms with Crippen LogP contribution in [0.1, 0.15) is 15.9 Å². The fourth-order valence-electron chi connectivity index (χ4n) is 2.80. The van der Waals surface area contributed by atoms with Gasteiger partial charge in [-0.25, -0.2) is 0 Å². The van der Waals surface area contributed by atoms with Gasteiger partial charge in [-0.3, -0.25) is 4.79 Å². The molecule has 1 aliphatic rings. The van der Waals surface area contributed by atoms with Gasteiger partial charge in [0.15, 0.2) is 5.78 Å². The molecule has 24 heavy (non-hydrogen) atoms. The topological polar surface area (TPSA) is 66.9 Å². The zero-order chi connectivity index (χ0) is 17.1. The van der Waals surface area contributed by atoms with E-state index in [0.29, 0.717) is 28.3 Å². The average molecular weight is 337 g/mol. The molecule has 0 fully saturated rings. The number of ketones is 1. The number of hydrogen-bond donors (Lipinski definition) is 2. The second-order valence-electron chi connectivity index (χ2n) is 5.74. The Labute approximate surface area is 146 Å². The minimum atomic E-state index is -0.358. The number of hydrogen-bond acceptors (Lipinski definition) is 3. The Hall–Kier alpha value is -2.65. The van der Waals surface area contributed by atoms with Crippen LogP contribution < -0.4 is 5.73 Å². The van der Waals surface area contributed by atoms with Crippen LogP contribution in [-0.2, 0) is 6.42 Å². The molecule has 120 valence electrons. The van der Waals surface area contributed by atoms with Gasteiger partial charge < -0.3 is 11.1 Å². The standard InChI is InChI=1S/C20H17ClN2O/c21-15-8-6-13(7-9-15)12-17-16(10-11-18(22)19(17)23)20(24)14-4-2-1-3-5-14/h1-11,17,23H,12,22H2. The van der Waals surface area contributed by atoms with Crippen LogP contribution >= 0.6 is 11.6 Å². The fourth-order valence-corrected chi connectivity index (χ4v) is 2.93. The number of carbonyl (C=O) groups excluding carboxylic acids is 1. The Morgan fingerprint density at radius 1 is 1.04 bits per heavy atom. The number of Topliss-reactive ketones (excluding diaryl/α,β-unsaturated/α-hetero) is 1. The van der Waals surface area contributed by atoms with Crippen molar-refractivity contribution in [3.63, 3.8) is 0 Å². The van der Waals surface area contributed by atoms with Crippen LogP contribution in [0.5, 0.6) is 0 Å². The molecular weight excluding hydrogens is 320 g/mol. The minimum absolute atomic E-state index is 0.0666. The molecule has 0 radical (unpaired) electrons. The Balaban J connectivity index is 1.94. The van der Waals surface area contributed by atoms with E-state index in [0.717, 1.165) is 5.56 Å². The van der Waals surface area contributed by atoms with Crippen molar-refractivity contribution in [1.29, 1.82) is 5.41 Å². The van der Waals surface area contributed by atoms with Crippen molar-refractivity contribution in [2.45, 2.75) is 6.42 Å². The Morgan fingerprint density at radius 2 is 1.71 bits per heavy atom. The van der Waals surface area contributed by atoms with Crippen molar-refractivity contribution < 1.29 is 4.79 Å². The molecule has 0 spiro atoms. The van der Waals surface area contributed by atoms with E-state index in [1.54, 1.807) is 24.3 Å². The number of benzene rings is 2. The van der Waals surface area contributed by atoms with Gasteiger partial charge in [0.2, 0.25) is 0 Å². The number of halogens is 1. The molecule has 3 nitrogen and oxygen atoms in total. The van der Waals surface area contributed by atoms with E-state index in [1.165, 1.54) is 0 Å². The number of nitrogens with one attached hydrogen (secondary N) is 1. The summed E-state index contributed by atoms with van der Waals surface area (Å²) in [6, 6.07) is 16.6. The van der Waals surface area contributed by atoms with Gasteiger partial charge in [-0.2, -0.15) is 0 Å². The number of nitrogens with two attached hydrogens (primary N) is 1. The van der Waals surface area contributed by atoms with Crippen LogP contribution in [0.25, 0.3) is 0 Å². The fraction of sp³-hybridized carbons (Fsp3) is 0.100. The number of allylic oxidation sites excluding steroid dienone is 4. The average Bonchev–Trinajstić information content (AvgIpc) is 2.61. The molecule has 1 unspecified atom stereocenters. The van der Waals surface area contributed by atoms with E-state index < -0.39 is 0 Å².